The van der Waals surface area contributed by atoms with Crippen molar-refractivity contribution in [1.29, 1.82) is 0 Å². The molecule has 1 amide bonds. The molecule has 0 saturated heterocycles. The molecule has 0 aliphatic carbocycles. The third-order valence-corrected chi connectivity index (χ3v) is 4.15. The average molecular weight is 372 g/mol. The Balaban J connectivity index is 2.34. The fourth-order valence-electron chi connectivity index (χ4n) is 3.13. The van der Waals surface area contributed by atoms with Crippen LogP contribution in [0.15, 0.2) is 24.3 Å². The zero-order valence-electron chi connectivity index (χ0n) is 17.1. The van der Waals surface area contributed by atoms with Crippen molar-refractivity contribution in [3.8, 4) is 0 Å². The maximum absolute atomic E-state index is 12.6. The fourth-order valence-corrected chi connectivity index (χ4v) is 3.13. The summed E-state index contributed by atoms with van der Waals surface area (Å²) in [5.74, 6) is -0.398. The van der Waals surface area contributed by atoms with E-state index in [0.29, 0.717) is 31.0 Å². The van der Waals surface area contributed by atoms with Crippen LogP contribution in [0.4, 0.5) is 0 Å². The minimum Gasteiger partial charge on any atom is -0.462 e. The summed E-state index contributed by atoms with van der Waals surface area (Å²) in [5, 5.41) is 3.90. The summed E-state index contributed by atoms with van der Waals surface area (Å²) in [6.07, 6.45) is 0. The van der Waals surface area contributed by atoms with Gasteiger partial charge in [0.1, 0.15) is 12.2 Å². The number of hydrogen-bond acceptors (Lipinski definition) is 4. The largest absolute Gasteiger partial charge is 0.462 e. The normalized spacial score (nSPS) is 12.7. The number of likely N-dealkylation sites (N-methyl/N-ethyl adjacent to an activating group) is 1. The van der Waals surface area contributed by atoms with E-state index >= 15 is 0 Å². The number of pyridine rings is 1. The Morgan fingerprint density at radius 2 is 1.89 bits per heavy atom. The van der Waals surface area contributed by atoms with Gasteiger partial charge in [0.05, 0.1) is 24.7 Å². The highest BCUT2D eigenvalue weighted by molar-refractivity contribution is 5.98. The zero-order valence-corrected chi connectivity index (χ0v) is 17.1. The van der Waals surface area contributed by atoms with Crippen LogP contribution < -0.4 is 10.2 Å². The van der Waals surface area contributed by atoms with E-state index in [9.17, 15) is 9.59 Å². The first-order valence-corrected chi connectivity index (χ1v) is 9.30. The van der Waals surface area contributed by atoms with Gasteiger partial charge >= 0.3 is 5.97 Å². The number of quaternary nitrogens is 1. The van der Waals surface area contributed by atoms with Crippen molar-refractivity contribution in [3.63, 3.8) is 0 Å². The predicted molar refractivity (Wildman–Crippen MR) is 106 cm³/mol. The van der Waals surface area contributed by atoms with Crippen LogP contribution in [0.5, 0.6) is 0 Å². The third kappa shape index (κ3) is 5.50. The predicted octanol–water partition coefficient (Wildman–Crippen LogP) is 1.65. The van der Waals surface area contributed by atoms with Crippen molar-refractivity contribution >= 4 is 22.8 Å². The van der Waals surface area contributed by atoms with Gasteiger partial charge in [-0.15, -0.1) is 0 Å². The molecule has 2 N–H and O–H groups in total. The Hall–Kier alpha value is -2.47. The highest BCUT2D eigenvalue weighted by atomic mass is 16.5. The van der Waals surface area contributed by atoms with Crippen LogP contribution >= 0.6 is 0 Å². The van der Waals surface area contributed by atoms with Gasteiger partial charge < -0.3 is 15.0 Å². The number of carbonyl (C=O) groups excluding carboxylic acids is 2. The number of esters is 1. The summed E-state index contributed by atoms with van der Waals surface area (Å²) < 4.78 is 5.26. The first-order valence-electron chi connectivity index (χ1n) is 9.30. The molecule has 146 valence electrons. The first-order chi connectivity index (χ1) is 12.6. The number of nitrogens with zero attached hydrogens (tertiary/aromatic N) is 1. The standard InChI is InChI=1S/C21H29N3O3/c1-7-27-20(26)19-14(2)15-10-8-9-11-16(15)22-17(19)12-24(6)13-18(25)23-21(3,4)5/h8-11H,7,12-13H2,1-6H3,(H,23,25)/p+1. The van der Waals surface area contributed by atoms with E-state index in [2.05, 4.69) is 5.32 Å². The number of carbonyl (C=O) groups is 2. The van der Waals surface area contributed by atoms with Gasteiger partial charge in [-0.05, 0) is 46.2 Å². The first kappa shape index (κ1) is 20.8. The molecule has 0 aliphatic heterocycles. The molecule has 1 aromatic heterocycles. The molecule has 1 heterocycles. The topological polar surface area (TPSA) is 72.7 Å². The van der Waals surface area contributed by atoms with Gasteiger partial charge in [0, 0.05) is 10.9 Å². The van der Waals surface area contributed by atoms with Gasteiger partial charge in [-0.1, -0.05) is 18.2 Å². The molecule has 27 heavy (non-hydrogen) atoms. The summed E-state index contributed by atoms with van der Waals surface area (Å²) in [6.45, 7) is 10.6. The lowest BCUT2D eigenvalue weighted by molar-refractivity contribution is -0.885. The lowest BCUT2D eigenvalue weighted by Crippen LogP contribution is -3.09. The monoisotopic (exact) mass is 372 g/mol. The van der Waals surface area contributed by atoms with E-state index in [-0.39, 0.29) is 17.4 Å². The van der Waals surface area contributed by atoms with Crippen molar-refractivity contribution in [2.24, 2.45) is 0 Å². The molecule has 1 aromatic carbocycles. The molecule has 0 radical (unpaired) electrons. The Labute approximate surface area is 160 Å². The van der Waals surface area contributed by atoms with Crippen LogP contribution in [0.3, 0.4) is 0 Å². The summed E-state index contributed by atoms with van der Waals surface area (Å²) in [7, 11) is 1.92. The molecular formula is C21H30N3O3+. The zero-order chi connectivity index (χ0) is 20.2. The van der Waals surface area contributed by atoms with Gasteiger partial charge in [0.2, 0.25) is 0 Å². The lowest BCUT2D eigenvalue weighted by Gasteiger charge is -2.22. The smallest absolute Gasteiger partial charge is 0.340 e. The van der Waals surface area contributed by atoms with Gasteiger partial charge in [-0.25, -0.2) is 9.78 Å². The molecule has 0 aliphatic rings. The van der Waals surface area contributed by atoms with E-state index in [1.54, 1.807) is 6.92 Å². The third-order valence-electron chi connectivity index (χ3n) is 4.15. The maximum atomic E-state index is 12.6. The number of hydrogen-bond donors (Lipinski definition) is 2. The van der Waals surface area contributed by atoms with Crippen molar-refractivity contribution in [2.75, 3.05) is 20.2 Å². The van der Waals surface area contributed by atoms with Crippen LogP contribution in [0.1, 0.15) is 49.3 Å². The molecule has 6 heteroatoms. The van der Waals surface area contributed by atoms with Gasteiger partial charge in [0.15, 0.2) is 6.54 Å². The number of rotatable bonds is 6. The molecule has 1 atom stereocenters. The average Bonchev–Trinajstić information content (AvgIpc) is 2.53. The summed E-state index contributed by atoms with van der Waals surface area (Å²) in [4.78, 5) is 30.4. The van der Waals surface area contributed by atoms with Gasteiger partial charge in [0.25, 0.3) is 5.91 Å². The second-order valence-electron chi connectivity index (χ2n) is 7.90. The molecule has 2 aromatic rings. The Kier molecular flexibility index (Phi) is 6.54. The number of amides is 1. The van der Waals surface area contributed by atoms with Crippen molar-refractivity contribution in [1.82, 2.24) is 10.3 Å². The summed E-state index contributed by atoms with van der Waals surface area (Å²) in [6, 6.07) is 7.75. The van der Waals surface area contributed by atoms with Gasteiger partial charge in [-0.3, -0.25) is 4.79 Å². The molecular weight excluding hydrogens is 342 g/mol. The van der Waals surface area contributed by atoms with Crippen LogP contribution in [-0.4, -0.2) is 42.6 Å². The van der Waals surface area contributed by atoms with Crippen molar-refractivity contribution in [2.45, 2.75) is 46.7 Å². The number of ether oxygens (including phenoxy) is 1. The molecule has 0 spiro atoms. The second kappa shape index (κ2) is 8.48. The molecule has 2 rings (SSSR count). The van der Waals surface area contributed by atoms with E-state index in [1.165, 1.54) is 0 Å². The Morgan fingerprint density at radius 3 is 2.52 bits per heavy atom. The lowest BCUT2D eigenvalue weighted by atomic mass is 10.0. The summed E-state index contributed by atoms with van der Waals surface area (Å²) in [5.41, 5.74) is 2.59. The van der Waals surface area contributed by atoms with Crippen LogP contribution in [0, 0.1) is 6.92 Å². The highest BCUT2D eigenvalue weighted by Crippen LogP contribution is 2.23. The summed E-state index contributed by atoms with van der Waals surface area (Å²) >= 11 is 0. The number of aromatic nitrogens is 1. The van der Waals surface area contributed by atoms with E-state index in [1.807, 2.05) is 59.0 Å². The SMILES string of the molecule is CCOC(=O)c1c(C[NH+](C)CC(=O)NC(C)(C)C)nc2ccccc2c1C. The minimum atomic E-state index is -0.366. The Morgan fingerprint density at radius 1 is 1.22 bits per heavy atom. The van der Waals surface area contributed by atoms with Crippen LogP contribution in [-0.2, 0) is 16.1 Å². The molecule has 0 fully saturated rings. The second-order valence-corrected chi connectivity index (χ2v) is 7.90. The quantitative estimate of drug-likeness (QED) is 0.757. The minimum absolute atomic E-state index is 0.0322. The maximum Gasteiger partial charge on any atom is 0.340 e. The molecule has 1 unspecified atom stereocenters. The Bertz CT molecular complexity index is 840. The van der Waals surface area contributed by atoms with E-state index < -0.39 is 0 Å². The number of aryl methyl sites for hydroxylation is 1. The highest BCUT2D eigenvalue weighted by Gasteiger charge is 2.23. The van der Waals surface area contributed by atoms with Crippen LogP contribution in [0.2, 0.25) is 0 Å². The van der Waals surface area contributed by atoms with Crippen molar-refractivity contribution in [3.05, 3.63) is 41.1 Å². The number of fused-ring (bicyclic) bond motifs is 1. The number of nitrogens with one attached hydrogen (secondary N) is 2. The van der Waals surface area contributed by atoms with E-state index in [4.69, 9.17) is 9.72 Å². The molecule has 0 saturated carbocycles. The molecule has 6 nitrogen and oxygen atoms in total. The van der Waals surface area contributed by atoms with E-state index in [0.717, 1.165) is 21.4 Å². The van der Waals surface area contributed by atoms with Crippen LogP contribution in [0.25, 0.3) is 10.9 Å². The fraction of sp³-hybridized carbons (Fsp3) is 0.476. The van der Waals surface area contributed by atoms with Crippen molar-refractivity contribution < 1.29 is 19.2 Å². The number of benzene rings is 1. The number of para-hydroxylation sites is 1. The molecule has 0 bridgehead atoms. The van der Waals surface area contributed by atoms with Gasteiger partial charge in [-0.2, -0.15) is 0 Å².